The minimum atomic E-state index is -0.0223. The smallest absolute Gasteiger partial charge is 0.251 e. The summed E-state index contributed by atoms with van der Waals surface area (Å²) < 4.78 is 5.37. The Morgan fingerprint density at radius 1 is 1.04 bits per heavy atom. The van der Waals surface area contributed by atoms with E-state index in [9.17, 15) is 4.79 Å². The van der Waals surface area contributed by atoms with Gasteiger partial charge in [0, 0.05) is 23.0 Å². The summed E-state index contributed by atoms with van der Waals surface area (Å²) in [7, 11) is 0. The van der Waals surface area contributed by atoms with Crippen LogP contribution in [0.2, 0.25) is 0 Å². The molecular weight excluding hydrogens is 336 g/mol. The van der Waals surface area contributed by atoms with E-state index >= 15 is 0 Å². The Morgan fingerprint density at radius 3 is 2.52 bits per heavy atom. The van der Waals surface area contributed by atoms with Crippen LogP contribution in [-0.4, -0.2) is 18.0 Å². The van der Waals surface area contributed by atoms with Gasteiger partial charge < -0.3 is 15.5 Å². The van der Waals surface area contributed by atoms with Gasteiger partial charge >= 0.3 is 0 Å². The molecule has 25 heavy (non-hydrogen) atoms. The predicted molar refractivity (Wildman–Crippen MR) is 102 cm³/mol. The van der Waals surface area contributed by atoms with Crippen molar-refractivity contribution in [2.75, 3.05) is 0 Å². The standard InChI is InChI=1S/C20H20N2O2.ClH/c21-17-6-7-18(12-17)22-20(23)14-3-1-13(2-4-14)15-5-8-19-16(11-15)9-10-24-19;/h1-5,8-11,17-18H,6-7,12,21H2,(H,22,23);1H/t17-,18+;/m1./s1. The molecule has 1 saturated carbocycles. The number of nitrogens with one attached hydrogen (secondary N) is 1. The van der Waals surface area contributed by atoms with Crippen LogP contribution in [0.15, 0.2) is 59.2 Å². The van der Waals surface area contributed by atoms with Gasteiger partial charge in [0.2, 0.25) is 0 Å². The van der Waals surface area contributed by atoms with Gasteiger partial charge in [-0.25, -0.2) is 0 Å². The van der Waals surface area contributed by atoms with Crippen LogP contribution in [0.1, 0.15) is 29.6 Å². The molecule has 0 spiro atoms. The number of nitrogens with two attached hydrogens (primary N) is 1. The van der Waals surface area contributed by atoms with Gasteiger partial charge in [0.25, 0.3) is 5.91 Å². The van der Waals surface area contributed by atoms with Crippen LogP contribution in [0.4, 0.5) is 0 Å². The molecule has 4 rings (SSSR count). The van der Waals surface area contributed by atoms with Crippen LogP contribution >= 0.6 is 12.4 Å². The van der Waals surface area contributed by atoms with Crippen molar-refractivity contribution in [2.24, 2.45) is 5.73 Å². The van der Waals surface area contributed by atoms with Crippen molar-refractivity contribution in [3.63, 3.8) is 0 Å². The normalized spacial score (nSPS) is 19.6. The Bertz CT molecular complexity index is 873. The summed E-state index contributed by atoms with van der Waals surface area (Å²) >= 11 is 0. The first-order valence-corrected chi connectivity index (χ1v) is 8.33. The molecule has 2 atom stereocenters. The number of carbonyl (C=O) groups excluding carboxylic acids is 1. The lowest BCUT2D eigenvalue weighted by molar-refractivity contribution is 0.0937. The third-order valence-corrected chi connectivity index (χ3v) is 4.74. The van der Waals surface area contributed by atoms with Crippen LogP contribution in [0.3, 0.4) is 0 Å². The number of carbonyl (C=O) groups is 1. The number of amides is 1. The summed E-state index contributed by atoms with van der Waals surface area (Å²) in [5.74, 6) is -0.0223. The van der Waals surface area contributed by atoms with Crippen LogP contribution in [0, 0.1) is 0 Å². The fraction of sp³-hybridized carbons (Fsp3) is 0.250. The minimum Gasteiger partial charge on any atom is -0.464 e. The van der Waals surface area contributed by atoms with Gasteiger partial charge in [-0.3, -0.25) is 4.79 Å². The molecule has 2 aromatic carbocycles. The van der Waals surface area contributed by atoms with Gasteiger partial charge in [0.05, 0.1) is 6.26 Å². The summed E-state index contributed by atoms with van der Waals surface area (Å²) in [6, 6.07) is 16.2. The third kappa shape index (κ3) is 3.70. The number of benzene rings is 2. The molecule has 3 aromatic rings. The van der Waals surface area contributed by atoms with Crippen molar-refractivity contribution < 1.29 is 9.21 Å². The summed E-state index contributed by atoms with van der Waals surface area (Å²) in [6.45, 7) is 0. The average molecular weight is 357 g/mol. The second-order valence-corrected chi connectivity index (χ2v) is 6.49. The van der Waals surface area contributed by atoms with Crippen LogP contribution in [-0.2, 0) is 0 Å². The molecule has 130 valence electrons. The highest BCUT2D eigenvalue weighted by atomic mass is 35.5. The summed E-state index contributed by atoms with van der Waals surface area (Å²) in [4.78, 5) is 12.3. The van der Waals surface area contributed by atoms with E-state index in [0.29, 0.717) is 5.56 Å². The van der Waals surface area contributed by atoms with Gasteiger partial charge in [-0.2, -0.15) is 0 Å². The van der Waals surface area contributed by atoms with E-state index in [4.69, 9.17) is 10.2 Å². The number of rotatable bonds is 3. The Kier molecular flexibility index (Phi) is 5.11. The molecule has 1 aliphatic rings. The first-order valence-electron chi connectivity index (χ1n) is 8.33. The lowest BCUT2D eigenvalue weighted by atomic mass is 10.0. The van der Waals surface area contributed by atoms with E-state index < -0.39 is 0 Å². The number of hydrogen-bond donors (Lipinski definition) is 2. The van der Waals surface area contributed by atoms with E-state index in [1.807, 2.05) is 42.5 Å². The molecule has 0 unspecified atom stereocenters. The lowest BCUT2D eigenvalue weighted by Gasteiger charge is -2.12. The number of furan rings is 1. The SMILES string of the molecule is Cl.N[C@@H]1CC[C@H](NC(=O)c2ccc(-c3ccc4occc4c3)cc2)C1. The van der Waals surface area contributed by atoms with E-state index in [1.54, 1.807) is 6.26 Å². The van der Waals surface area contributed by atoms with Crippen molar-refractivity contribution in [3.05, 3.63) is 60.4 Å². The highest BCUT2D eigenvalue weighted by molar-refractivity contribution is 5.95. The van der Waals surface area contributed by atoms with Gasteiger partial charge in [-0.15, -0.1) is 12.4 Å². The van der Waals surface area contributed by atoms with Gasteiger partial charge in [0.15, 0.2) is 0 Å². The van der Waals surface area contributed by atoms with Crippen molar-refractivity contribution in [3.8, 4) is 11.1 Å². The summed E-state index contributed by atoms with van der Waals surface area (Å²) in [5.41, 5.74) is 9.65. The monoisotopic (exact) mass is 356 g/mol. The molecule has 1 heterocycles. The second-order valence-electron chi connectivity index (χ2n) is 6.49. The quantitative estimate of drug-likeness (QED) is 0.741. The zero-order chi connectivity index (χ0) is 16.5. The molecule has 0 aliphatic heterocycles. The zero-order valence-corrected chi connectivity index (χ0v) is 14.6. The number of hydrogen-bond acceptors (Lipinski definition) is 3. The third-order valence-electron chi connectivity index (χ3n) is 4.74. The maximum atomic E-state index is 12.3. The summed E-state index contributed by atoms with van der Waals surface area (Å²) in [5, 5.41) is 4.15. The largest absolute Gasteiger partial charge is 0.464 e. The second kappa shape index (κ2) is 7.30. The molecule has 4 nitrogen and oxygen atoms in total. The average Bonchev–Trinajstić information content (AvgIpc) is 3.23. The molecule has 1 aliphatic carbocycles. The van der Waals surface area contributed by atoms with Gasteiger partial charge in [-0.1, -0.05) is 18.2 Å². The molecular formula is C20H21ClN2O2. The predicted octanol–water partition coefficient (Wildman–Crippen LogP) is 4.13. The number of halogens is 1. The molecule has 0 radical (unpaired) electrons. The zero-order valence-electron chi connectivity index (χ0n) is 13.8. The molecule has 1 fully saturated rings. The first kappa shape index (κ1) is 17.5. The van der Waals surface area contributed by atoms with Gasteiger partial charge in [-0.05, 0) is 60.7 Å². The molecule has 1 amide bonds. The topological polar surface area (TPSA) is 68.3 Å². The summed E-state index contributed by atoms with van der Waals surface area (Å²) in [6.07, 6.45) is 4.52. The maximum Gasteiger partial charge on any atom is 0.251 e. The Morgan fingerprint density at radius 2 is 1.80 bits per heavy atom. The van der Waals surface area contributed by atoms with E-state index in [2.05, 4.69) is 11.4 Å². The fourth-order valence-electron chi connectivity index (χ4n) is 3.38. The Hall–Kier alpha value is -2.30. The van der Waals surface area contributed by atoms with E-state index in [1.165, 1.54) is 0 Å². The molecule has 3 N–H and O–H groups in total. The first-order chi connectivity index (χ1) is 11.7. The lowest BCUT2D eigenvalue weighted by Crippen LogP contribution is -2.33. The van der Waals surface area contributed by atoms with Crippen molar-refractivity contribution >= 4 is 29.3 Å². The molecule has 5 heteroatoms. The van der Waals surface area contributed by atoms with Gasteiger partial charge in [0.1, 0.15) is 5.58 Å². The Balaban J connectivity index is 0.00000182. The fourth-order valence-corrected chi connectivity index (χ4v) is 3.38. The van der Waals surface area contributed by atoms with Crippen LogP contribution < -0.4 is 11.1 Å². The minimum absolute atomic E-state index is 0. The van der Waals surface area contributed by atoms with Crippen molar-refractivity contribution in [2.45, 2.75) is 31.3 Å². The van der Waals surface area contributed by atoms with Crippen molar-refractivity contribution in [1.29, 1.82) is 0 Å². The van der Waals surface area contributed by atoms with Crippen LogP contribution in [0.25, 0.3) is 22.1 Å². The Labute approximate surface area is 152 Å². The highest BCUT2D eigenvalue weighted by Gasteiger charge is 2.23. The number of fused-ring (bicyclic) bond motifs is 1. The molecule has 1 aromatic heterocycles. The van der Waals surface area contributed by atoms with Crippen LogP contribution in [0.5, 0.6) is 0 Å². The van der Waals surface area contributed by atoms with E-state index in [-0.39, 0.29) is 30.4 Å². The highest BCUT2D eigenvalue weighted by Crippen LogP contribution is 2.25. The van der Waals surface area contributed by atoms with Crippen molar-refractivity contribution in [1.82, 2.24) is 5.32 Å². The molecule has 0 saturated heterocycles. The molecule has 0 bridgehead atoms. The van der Waals surface area contributed by atoms with E-state index in [0.717, 1.165) is 41.4 Å². The maximum absolute atomic E-state index is 12.3.